The van der Waals surface area contributed by atoms with Crippen LogP contribution in [-0.4, -0.2) is 62.3 Å². The van der Waals surface area contributed by atoms with Crippen LogP contribution in [0.1, 0.15) is 26.8 Å². The number of aromatic nitrogens is 3. The molecular formula is C25H25N5O3S. The van der Waals surface area contributed by atoms with Crippen LogP contribution in [0.4, 0.5) is 0 Å². The Morgan fingerprint density at radius 1 is 1.21 bits per heavy atom. The van der Waals surface area contributed by atoms with E-state index in [0.717, 1.165) is 27.3 Å². The van der Waals surface area contributed by atoms with Crippen LogP contribution in [0.5, 0.6) is 0 Å². The molecule has 34 heavy (non-hydrogen) atoms. The van der Waals surface area contributed by atoms with Gasteiger partial charge >= 0.3 is 0 Å². The molecule has 3 aromatic heterocycles. The molecule has 174 valence electrons. The average molecular weight is 476 g/mol. The van der Waals surface area contributed by atoms with Gasteiger partial charge in [-0.25, -0.2) is 4.98 Å². The SMILES string of the molecule is Cc1nc(CN2CC(OCc3ccccn3)CN(C(=O)c3ccc4cc[nH]c4c3)CC2=O)cs1. The largest absolute Gasteiger partial charge is 0.368 e. The number of fused-ring (bicyclic) bond motifs is 1. The van der Waals surface area contributed by atoms with Gasteiger partial charge in [-0.1, -0.05) is 12.1 Å². The minimum Gasteiger partial charge on any atom is -0.368 e. The number of aryl methyl sites for hydroxylation is 1. The van der Waals surface area contributed by atoms with E-state index in [0.29, 0.717) is 31.8 Å². The van der Waals surface area contributed by atoms with Gasteiger partial charge in [-0.05, 0) is 42.6 Å². The van der Waals surface area contributed by atoms with E-state index in [1.54, 1.807) is 33.4 Å². The van der Waals surface area contributed by atoms with Gasteiger partial charge in [0, 0.05) is 41.9 Å². The molecule has 8 nitrogen and oxygen atoms in total. The first-order valence-corrected chi connectivity index (χ1v) is 12.0. The van der Waals surface area contributed by atoms with E-state index in [4.69, 9.17) is 4.74 Å². The summed E-state index contributed by atoms with van der Waals surface area (Å²) in [5, 5.41) is 3.95. The topological polar surface area (TPSA) is 91.4 Å². The number of carbonyl (C=O) groups excluding carboxylic acids is 2. The van der Waals surface area contributed by atoms with Crippen molar-refractivity contribution in [3.8, 4) is 0 Å². The molecule has 4 aromatic rings. The van der Waals surface area contributed by atoms with E-state index in [1.807, 2.05) is 54.9 Å². The maximum absolute atomic E-state index is 13.4. The Morgan fingerprint density at radius 3 is 2.91 bits per heavy atom. The molecule has 1 unspecified atom stereocenters. The molecular weight excluding hydrogens is 450 g/mol. The maximum Gasteiger partial charge on any atom is 0.254 e. The molecule has 5 rings (SSSR count). The third kappa shape index (κ3) is 5.00. The molecule has 9 heteroatoms. The van der Waals surface area contributed by atoms with Gasteiger partial charge in [0.1, 0.15) is 6.54 Å². The molecule has 1 aliphatic rings. The van der Waals surface area contributed by atoms with Gasteiger partial charge in [0.2, 0.25) is 5.91 Å². The van der Waals surface area contributed by atoms with Crippen LogP contribution in [-0.2, 0) is 22.7 Å². The lowest BCUT2D eigenvalue weighted by Crippen LogP contribution is -2.39. The van der Waals surface area contributed by atoms with Gasteiger partial charge in [0.05, 0.1) is 35.7 Å². The third-order valence-electron chi connectivity index (χ3n) is 5.83. The van der Waals surface area contributed by atoms with E-state index in [2.05, 4.69) is 15.0 Å². The maximum atomic E-state index is 13.4. The molecule has 1 N–H and O–H groups in total. The van der Waals surface area contributed by atoms with Crippen LogP contribution in [0.25, 0.3) is 10.9 Å². The van der Waals surface area contributed by atoms with Crippen molar-refractivity contribution in [3.63, 3.8) is 0 Å². The Kier molecular flexibility index (Phi) is 6.37. The van der Waals surface area contributed by atoms with Gasteiger partial charge in [-0.3, -0.25) is 14.6 Å². The summed E-state index contributed by atoms with van der Waals surface area (Å²) in [5.41, 5.74) is 3.07. The summed E-state index contributed by atoms with van der Waals surface area (Å²) >= 11 is 1.56. The lowest BCUT2D eigenvalue weighted by molar-refractivity contribution is -0.132. The van der Waals surface area contributed by atoms with Crippen molar-refractivity contribution >= 4 is 34.1 Å². The summed E-state index contributed by atoms with van der Waals surface area (Å²) in [7, 11) is 0. The number of carbonyl (C=O) groups is 2. The zero-order valence-electron chi connectivity index (χ0n) is 18.8. The molecule has 0 radical (unpaired) electrons. The number of aromatic amines is 1. The summed E-state index contributed by atoms with van der Waals surface area (Å²) in [6, 6.07) is 13.1. The van der Waals surface area contributed by atoms with Crippen LogP contribution in [0.15, 0.2) is 60.2 Å². The molecule has 0 bridgehead atoms. The van der Waals surface area contributed by atoms with Crippen molar-refractivity contribution in [2.24, 2.45) is 0 Å². The third-order valence-corrected chi connectivity index (χ3v) is 6.65. The predicted molar refractivity (Wildman–Crippen MR) is 129 cm³/mol. The summed E-state index contributed by atoms with van der Waals surface area (Å²) < 4.78 is 6.17. The second-order valence-electron chi connectivity index (χ2n) is 8.35. The van der Waals surface area contributed by atoms with Crippen molar-refractivity contribution in [3.05, 3.63) is 82.2 Å². The number of rotatable bonds is 6. The number of nitrogens with zero attached hydrogens (tertiary/aromatic N) is 4. The van der Waals surface area contributed by atoms with Crippen molar-refractivity contribution in [1.82, 2.24) is 24.8 Å². The molecule has 4 heterocycles. The van der Waals surface area contributed by atoms with Crippen LogP contribution in [0.2, 0.25) is 0 Å². The number of thiazole rings is 1. The second-order valence-corrected chi connectivity index (χ2v) is 9.41. The smallest absolute Gasteiger partial charge is 0.254 e. The summed E-state index contributed by atoms with van der Waals surface area (Å²) in [5.74, 6) is -0.313. The number of nitrogens with one attached hydrogen (secondary N) is 1. The van der Waals surface area contributed by atoms with E-state index in [-0.39, 0.29) is 24.5 Å². The molecule has 0 spiro atoms. The van der Waals surface area contributed by atoms with E-state index in [9.17, 15) is 9.59 Å². The lowest BCUT2D eigenvalue weighted by Gasteiger charge is -2.24. The molecule has 1 fully saturated rings. The molecule has 0 aliphatic carbocycles. The Labute approximate surface area is 201 Å². The first-order chi connectivity index (χ1) is 16.5. The molecule has 1 aliphatic heterocycles. The molecule has 1 aromatic carbocycles. The van der Waals surface area contributed by atoms with Gasteiger partial charge in [0.15, 0.2) is 0 Å². The van der Waals surface area contributed by atoms with Crippen LogP contribution < -0.4 is 0 Å². The number of ether oxygens (including phenoxy) is 1. The van der Waals surface area contributed by atoms with Crippen molar-refractivity contribution in [2.75, 3.05) is 19.6 Å². The molecule has 1 atom stereocenters. The number of amides is 2. The number of hydrogen-bond donors (Lipinski definition) is 1. The quantitative estimate of drug-likeness (QED) is 0.462. The number of pyridine rings is 1. The minimum absolute atomic E-state index is 0.00579. The number of hydrogen-bond acceptors (Lipinski definition) is 6. The fraction of sp³-hybridized carbons (Fsp3) is 0.280. The predicted octanol–water partition coefficient (Wildman–Crippen LogP) is 3.40. The fourth-order valence-corrected chi connectivity index (χ4v) is 4.72. The Bertz CT molecular complexity index is 1300. The Balaban J connectivity index is 1.37. The molecule has 1 saturated heterocycles. The first kappa shape index (κ1) is 22.2. The summed E-state index contributed by atoms with van der Waals surface area (Å²) in [6.45, 7) is 3.32. The van der Waals surface area contributed by atoms with Gasteiger partial charge in [0.25, 0.3) is 5.91 Å². The highest BCUT2D eigenvalue weighted by Gasteiger charge is 2.32. The van der Waals surface area contributed by atoms with Gasteiger partial charge < -0.3 is 19.5 Å². The van der Waals surface area contributed by atoms with Crippen molar-refractivity contribution < 1.29 is 14.3 Å². The minimum atomic E-state index is -0.355. The second kappa shape index (κ2) is 9.74. The molecule has 0 saturated carbocycles. The summed E-state index contributed by atoms with van der Waals surface area (Å²) in [4.78, 5) is 41.9. The zero-order chi connectivity index (χ0) is 23.5. The monoisotopic (exact) mass is 475 g/mol. The standard InChI is InChI=1S/C25H25N5O3S/c1-17-28-21(16-34-17)11-29-12-22(33-15-20-4-2-3-8-26-20)13-30(14-24(29)31)25(32)19-6-5-18-7-9-27-23(18)10-19/h2-10,16,22,27H,11-15H2,1H3. The van der Waals surface area contributed by atoms with E-state index in [1.165, 1.54) is 0 Å². The summed E-state index contributed by atoms with van der Waals surface area (Å²) in [6.07, 6.45) is 3.21. The van der Waals surface area contributed by atoms with Crippen molar-refractivity contribution in [2.45, 2.75) is 26.2 Å². The number of benzene rings is 1. The van der Waals surface area contributed by atoms with Crippen molar-refractivity contribution in [1.29, 1.82) is 0 Å². The molecule has 2 amide bonds. The average Bonchev–Trinajstić information content (AvgIpc) is 3.45. The fourth-order valence-electron chi connectivity index (χ4n) is 4.12. The van der Waals surface area contributed by atoms with E-state index < -0.39 is 0 Å². The first-order valence-electron chi connectivity index (χ1n) is 11.1. The highest BCUT2D eigenvalue weighted by atomic mass is 32.1. The normalized spacial score (nSPS) is 16.7. The lowest BCUT2D eigenvalue weighted by atomic mass is 10.1. The zero-order valence-corrected chi connectivity index (χ0v) is 19.6. The van der Waals surface area contributed by atoms with Gasteiger partial charge in [-0.2, -0.15) is 0 Å². The highest BCUT2D eigenvalue weighted by molar-refractivity contribution is 7.09. The van der Waals surface area contributed by atoms with E-state index >= 15 is 0 Å². The van der Waals surface area contributed by atoms with Crippen LogP contribution in [0, 0.1) is 6.92 Å². The van der Waals surface area contributed by atoms with Crippen LogP contribution >= 0.6 is 11.3 Å². The Morgan fingerprint density at radius 2 is 2.12 bits per heavy atom. The van der Waals surface area contributed by atoms with Gasteiger partial charge in [-0.15, -0.1) is 11.3 Å². The van der Waals surface area contributed by atoms with Crippen LogP contribution in [0.3, 0.4) is 0 Å². The Hall–Kier alpha value is -3.56. The number of H-pyrrole nitrogens is 1. The highest BCUT2D eigenvalue weighted by Crippen LogP contribution is 2.19.